The van der Waals surface area contributed by atoms with E-state index in [0.717, 1.165) is 33.0 Å². The molecule has 4 aromatic rings. The fourth-order valence-electron chi connectivity index (χ4n) is 3.10. The van der Waals surface area contributed by atoms with Gasteiger partial charge >= 0.3 is 0 Å². The summed E-state index contributed by atoms with van der Waals surface area (Å²) >= 11 is 1.47. The van der Waals surface area contributed by atoms with E-state index in [2.05, 4.69) is 5.32 Å². The van der Waals surface area contributed by atoms with Crippen molar-refractivity contribution >= 4 is 22.4 Å². The summed E-state index contributed by atoms with van der Waals surface area (Å²) < 4.78 is 5.26. The molecule has 4 rings (SSSR count). The van der Waals surface area contributed by atoms with Gasteiger partial charge in [0, 0.05) is 11.1 Å². The lowest BCUT2D eigenvalue weighted by Crippen LogP contribution is -2.12. The van der Waals surface area contributed by atoms with Gasteiger partial charge in [-0.15, -0.1) is 0 Å². The van der Waals surface area contributed by atoms with E-state index >= 15 is 0 Å². The number of aryl methyl sites for hydroxylation is 1. The number of hydrogen-bond acceptors (Lipinski definition) is 4. The number of thiazole rings is 1. The van der Waals surface area contributed by atoms with Gasteiger partial charge < -0.3 is 4.74 Å². The highest BCUT2D eigenvalue weighted by Crippen LogP contribution is 2.39. The molecule has 3 aromatic carbocycles. The number of nitrogens with zero attached hydrogens (tertiary/aromatic N) is 1. The number of nitrogens with one attached hydrogen (secondary N) is 1. The second-order valence-electron chi connectivity index (χ2n) is 6.56. The first kappa shape index (κ1) is 18.9. The summed E-state index contributed by atoms with van der Waals surface area (Å²) in [5, 5.41) is 3.54. The Kier molecular flexibility index (Phi) is 5.40. The van der Waals surface area contributed by atoms with Crippen molar-refractivity contribution in [3.8, 4) is 27.4 Å². The molecule has 0 saturated carbocycles. The molecule has 5 heteroatoms. The van der Waals surface area contributed by atoms with Crippen LogP contribution in [0.2, 0.25) is 0 Å². The third-order valence-electron chi connectivity index (χ3n) is 4.64. The number of aromatic nitrogens is 1. The van der Waals surface area contributed by atoms with Gasteiger partial charge in [-0.1, -0.05) is 59.9 Å². The third-order valence-corrected chi connectivity index (χ3v) is 5.66. The summed E-state index contributed by atoms with van der Waals surface area (Å²) in [6.45, 7) is 1.93. The Morgan fingerprint density at radius 2 is 1.59 bits per heavy atom. The first-order valence-corrected chi connectivity index (χ1v) is 10.0. The highest BCUT2D eigenvalue weighted by Gasteiger charge is 2.17. The molecule has 1 amide bonds. The second kappa shape index (κ2) is 8.29. The number of carbonyl (C=O) groups excluding carboxylic acids is 1. The maximum atomic E-state index is 12.8. The molecule has 144 valence electrons. The molecule has 4 nitrogen and oxygen atoms in total. The van der Waals surface area contributed by atoms with Crippen LogP contribution in [0.4, 0.5) is 5.13 Å². The second-order valence-corrected chi connectivity index (χ2v) is 7.56. The molecule has 1 N–H and O–H groups in total. The van der Waals surface area contributed by atoms with Crippen molar-refractivity contribution in [2.45, 2.75) is 6.92 Å². The van der Waals surface area contributed by atoms with E-state index in [4.69, 9.17) is 9.72 Å². The lowest BCUT2D eigenvalue weighted by atomic mass is 10.1. The monoisotopic (exact) mass is 400 g/mol. The molecule has 0 bridgehead atoms. The van der Waals surface area contributed by atoms with Gasteiger partial charge in [0.15, 0.2) is 5.13 Å². The van der Waals surface area contributed by atoms with Gasteiger partial charge in [0.1, 0.15) is 5.75 Å². The number of ether oxygens (including phenoxy) is 1. The van der Waals surface area contributed by atoms with Gasteiger partial charge in [-0.3, -0.25) is 10.1 Å². The zero-order chi connectivity index (χ0) is 20.2. The van der Waals surface area contributed by atoms with E-state index in [1.807, 2.05) is 85.8 Å². The normalized spacial score (nSPS) is 10.6. The quantitative estimate of drug-likeness (QED) is 0.444. The Balaban J connectivity index is 1.73. The number of carbonyl (C=O) groups is 1. The predicted molar refractivity (Wildman–Crippen MR) is 119 cm³/mol. The van der Waals surface area contributed by atoms with E-state index in [0.29, 0.717) is 10.7 Å². The minimum Gasteiger partial charge on any atom is -0.497 e. The van der Waals surface area contributed by atoms with Gasteiger partial charge in [-0.25, -0.2) is 4.98 Å². The molecule has 0 atom stereocenters. The van der Waals surface area contributed by atoms with Crippen LogP contribution in [0.5, 0.6) is 5.75 Å². The smallest absolute Gasteiger partial charge is 0.257 e. The minimum absolute atomic E-state index is 0.155. The van der Waals surface area contributed by atoms with Crippen LogP contribution in [-0.4, -0.2) is 18.0 Å². The Morgan fingerprint density at radius 1 is 0.897 bits per heavy atom. The SMILES string of the molecule is COc1ccc(-c2nc(NC(=O)c3ccccc3C)sc2-c2ccccc2)cc1. The van der Waals surface area contributed by atoms with E-state index in [-0.39, 0.29) is 5.91 Å². The standard InChI is InChI=1S/C24H20N2O2S/c1-16-8-6-7-11-20(16)23(27)26-24-25-21(17-12-14-19(28-2)15-13-17)22(29-24)18-9-4-3-5-10-18/h3-15H,1-2H3,(H,25,26,27). The van der Waals surface area contributed by atoms with Crippen molar-refractivity contribution in [1.29, 1.82) is 0 Å². The number of hydrogen-bond donors (Lipinski definition) is 1. The zero-order valence-electron chi connectivity index (χ0n) is 16.2. The Bertz CT molecular complexity index is 1140. The van der Waals surface area contributed by atoms with Crippen LogP contribution in [0.1, 0.15) is 15.9 Å². The van der Waals surface area contributed by atoms with Gasteiger partial charge in [-0.05, 0) is 48.4 Å². The molecule has 0 aliphatic carbocycles. The molecule has 0 aliphatic heterocycles. The van der Waals surface area contributed by atoms with Crippen LogP contribution in [0.15, 0.2) is 78.9 Å². The highest BCUT2D eigenvalue weighted by atomic mass is 32.1. The van der Waals surface area contributed by atoms with E-state index in [9.17, 15) is 4.79 Å². The Labute approximate surface area is 173 Å². The summed E-state index contributed by atoms with van der Waals surface area (Å²) in [6.07, 6.45) is 0. The average molecular weight is 401 g/mol. The fraction of sp³-hybridized carbons (Fsp3) is 0.0833. The van der Waals surface area contributed by atoms with Crippen LogP contribution in [0, 0.1) is 6.92 Å². The van der Waals surface area contributed by atoms with E-state index in [1.54, 1.807) is 7.11 Å². The molecular weight excluding hydrogens is 380 g/mol. The predicted octanol–water partition coefficient (Wildman–Crippen LogP) is 6.05. The van der Waals surface area contributed by atoms with Crippen LogP contribution in [-0.2, 0) is 0 Å². The number of methoxy groups -OCH3 is 1. The Hall–Kier alpha value is -3.44. The fourth-order valence-corrected chi connectivity index (χ4v) is 4.08. The number of benzene rings is 3. The van der Waals surface area contributed by atoms with Crippen molar-refractivity contribution < 1.29 is 9.53 Å². The van der Waals surface area contributed by atoms with Crippen molar-refractivity contribution in [1.82, 2.24) is 4.98 Å². The Morgan fingerprint density at radius 3 is 2.28 bits per heavy atom. The largest absolute Gasteiger partial charge is 0.497 e. The van der Waals surface area contributed by atoms with Gasteiger partial charge in [0.05, 0.1) is 17.7 Å². The molecule has 0 fully saturated rings. The zero-order valence-corrected chi connectivity index (χ0v) is 17.0. The lowest BCUT2D eigenvalue weighted by molar-refractivity contribution is 0.102. The maximum absolute atomic E-state index is 12.8. The molecule has 0 aliphatic rings. The molecule has 29 heavy (non-hydrogen) atoms. The van der Waals surface area contributed by atoms with Gasteiger partial charge in [0.25, 0.3) is 5.91 Å². The maximum Gasteiger partial charge on any atom is 0.257 e. The van der Waals surface area contributed by atoms with Crippen LogP contribution in [0.25, 0.3) is 21.7 Å². The highest BCUT2D eigenvalue weighted by molar-refractivity contribution is 7.19. The first-order chi connectivity index (χ1) is 14.2. The topological polar surface area (TPSA) is 51.2 Å². The van der Waals surface area contributed by atoms with E-state index in [1.165, 1.54) is 11.3 Å². The summed E-state index contributed by atoms with van der Waals surface area (Å²) in [6, 6.07) is 25.4. The van der Waals surface area contributed by atoms with Crippen molar-refractivity contribution in [3.63, 3.8) is 0 Å². The van der Waals surface area contributed by atoms with Crippen LogP contribution < -0.4 is 10.1 Å². The number of amides is 1. The molecule has 0 spiro atoms. The summed E-state index contributed by atoms with van der Waals surface area (Å²) in [5.74, 6) is 0.635. The molecule has 0 saturated heterocycles. The van der Waals surface area contributed by atoms with E-state index < -0.39 is 0 Å². The van der Waals surface area contributed by atoms with Crippen molar-refractivity contribution in [2.24, 2.45) is 0 Å². The molecule has 0 radical (unpaired) electrons. The van der Waals surface area contributed by atoms with Crippen molar-refractivity contribution in [2.75, 3.05) is 12.4 Å². The molecule has 1 heterocycles. The number of rotatable bonds is 5. The number of anilines is 1. The summed E-state index contributed by atoms with van der Waals surface area (Å²) in [4.78, 5) is 18.5. The summed E-state index contributed by atoms with van der Waals surface area (Å²) in [5.41, 5.74) is 4.45. The minimum atomic E-state index is -0.155. The molecule has 0 unspecified atom stereocenters. The van der Waals surface area contributed by atoms with Gasteiger partial charge in [0.2, 0.25) is 0 Å². The lowest BCUT2D eigenvalue weighted by Gasteiger charge is -2.04. The molecular formula is C24H20N2O2S. The first-order valence-electron chi connectivity index (χ1n) is 9.23. The summed E-state index contributed by atoms with van der Waals surface area (Å²) in [7, 11) is 1.65. The third kappa shape index (κ3) is 4.05. The van der Waals surface area contributed by atoms with Crippen LogP contribution in [0.3, 0.4) is 0 Å². The molecule has 1 aromatic heterocycles. The van der Waals surface area contributed by atoms with Crippen molar-refractivity contribution in [3.05, 3.63) is 90.0 Å². The van der Waals surface area contributed by atoms with Crippen LogP contribution >= 0.6 is 11.3 Å². The average Bonchev–Trinajstić information content (AvgIpc) is 3.18. The van der Waals surface area contributed by atoms with Gasteiger partial charge in [-0.2, -0.15) is 0 Å².